The zero-order chi connectivity index (χ0) is 11.3. The third-order valence-electron chi connectivity index (χ3n) is 1.97. The van der Waals surface area contributed by atoms with E-state index in [1.165, 1.54) is 13.3 Å². The third-order valence-corrected chi connectivity index (χ3v) is 1.97. The Kier molecular flexibility index (Phi) is 4.03. The van der Waals surface area contributed by atoms with Gasteiger partial charge in [0.2, 0.25) is 5.88 Å². The first kappa shape index (κ1) is 11.4. The lowest BCUT2D eigenvalue weighted by Gasteiger charge is -2.15. The molecule has 0 fully saturated rings. The van der Waals surface area contributed by atoms with E-state index in [1.807, 2.05) is 0 Å². The lowest BCUT2D eigenvalue weighted by atomic mass is 10.0. The molecule has 0 spiro atoms. The van der Waals surface area contributed by atoms with Crippen molar-refractivity contribution in [3.63, 3.8) is 0 Å². The maximum absolute atomic E-state index is 9.60. The number of aromatic nitrogens is 1. The zero-order valence-electron chi connectivity index (χ0n) is 8.29. The predicted molar refractivity (Wildman–Crippen MR) is 52.0 cm³/mol. The van der Waals surface area contributed by atoms with E-state index in [-0.39, 0.29) is 6.42 Å². The highest BCUT2D eigenvalue weighted by atomic mass is 16.5. The SMILES string of the molecule is COc1ccc(C(O)C(O)CC#N)cn1. The Morgan fingerprint density at radius 1 is 1.53 bits per heavy atom. The number of hydrogen-bond donors (Lipinski definition) is 2. The number of methoxy groups -OCH3 is 1. The summed E-state index contributed by atoms with van der Waals surface area (Å²) in [4.78, 5) is 3.88. The van der Waals surface area contributed by atoms with Crippen LogP contribution in [0.4, 0.5) is 0 Å². The van der Waals surface area contributed by atoms with Crippen LogP contribution in [0.15, 0.2) is 18.3 Å². The van der Waals surface area contributed by atoms with Gasteiger partial charge in [-0.3, -0.25) is 0 Å². The molecule has 1 rings (SSSR count). The number of nitrogens with zero attached hydrogens (tertiary/aromatic N) is 2. The van der Waals surface area contributed by atoms with Crippen LogP contribution in [-0.2, 0) is 0 Å². The average Bonchev–Trinajstić information content (AvgIpc) is 2.28. The van der Waals surface area contributed by atoms with Gasteiger partial charge in [0.1, 0.15) is 6.10 Å². The number of aliphatic hydroxyl groups is 2. The van der Waals surface area contributed by atoms with Crippen molar-refractivity contribution in [3.05, 3.63) is 23.9 Å². The van der Waals surface area contributed by atoms with Crippen molar-refractivity contribution in [1.82, 2.24) is 4.98 Å². The molecule has 0 saturated carbocycles. The fourth-order valence-corrected chi connectivity index (χ4v) is 1.11. The van der Waals surface area contributed by atoms with Crippen LogP contribution in [0.25, 0.3) is 0 Å². The minimum absolute atomic E-state index is 0.118. The van der Waals surface area contributed by atoms with Crippen molar-refractivity contribution in [1.29, 1.82) is 5.26 Å². The molecule has 0 bridgehead atoms. The van der Waals surface area contributed by atoms with Crippen molar-refractivity contribution in [2.75, 3.05) is 7.11 Å². The van der Waals surface area contributed by atoms with Crippen molar-refractivity contribution in [2.45, 2.75) is 18.6 Å². The maximum Gasteiger partial charge on any atom is 0.212 e. The maximum atomic E-state index is 9.60. The molecule has 1 aromatic heterocycles. The first-order valence-corrected chi connectivity index (χ1v) is 4.42. The third kappa shape index (κ3) is 2.91. The van der Waals surface area contributed by atoms with Crippen LogP contribution < -0.4 is 4.74 Å². The van der Waals surface area contributed by atoms with Crippen LogP contribution in [0, 0.1) is 11.3 Å². The molecule has 0 aliphatic rings. The molecule has 2 N–H and O–H groups in total. The van der Waals surface area contributed by atoms with Gasteiger partial charge in [0.15, 0.2) is 0 Å². The Labute approximate surface area is 87.6 Å². The van der Waals surface area contributed by atoms with Gasteiger partial charge in [-0.1, -0.05) is 0 Å². The fraction of sp³-hybridized carbons (Fsp3) is 0.400. The molecule has 2 atom stereocenters. The van der Waals surface area contributed by atoms with Crippen molar-refractivity contribution in [2.24, 2.45) is 0 Å². The average molecular weight is 208 g/mol. The second-order valence-corrected chi connectivity index (χ2v) is 3.01. The Morgan fingerprint density at radius 3 is 2.73 bits per heavy atom. The monoisotopic (exact) mass is 208 g/mol. The number of ether oxygens (including phenoxy) is 1. The molecule has 0 saturated heterocycles. The lowest BCUT2D eigenvalue weighted by molar-refractivity contribution is 0.0214. The molecule has 0 aliphatic carbocycles. The summed E-state index contributed by atoms with van der Waals surface area (Å²) in [6.07, 6.45) is -0.898. The van der Waals surface area contributed by atoms with Crippen LogP contribution >= 0.6 is 0 Å². The highest BCUT2D eigenvalue weighted by molar-refractivity contribution is 5.20. The van der Waals surface area contributed by atoms with Gasteiger partial charge in [-0.15, -0.1) is 0 Å². The first-order valence-electron chi connectivity index (χ1n) is 4.42. The van der Waals surface area contributed by atoms with Gasteiger partial charge in [0.25, 0.3) is 0 Å². The van der Waals surface area contributed by atoms with Gasteiger partial charge < -0.3 is 14.9 Å². The number of nitriles is 1. The van der Waals surface area contributed by atoms with E-state index in [4.69, 9.17) is 10.00 Å². The Bertz CT molecular complexity index is 345. The summed E-state index contributed by atoms with van der Waals surface area (Å²) >= 11 is 0. The summed E-state index contributed by atoms with van der Waals surface area (Å²) in [6, 6.07) is 4.96. The zero-order valence-corrected chi connectivity index (χ0v) is 8.29. The highest BCUT2D eigenvalue weighted by Gasteiger charge is 2.18. The minimum Gasteiger partial charge on any atom is -0.481 e. The van der Waals surface area contributed by atoms with Crippen molar-refractivity contribution >= 4 is 0 Å². The van der Waals surface area contributed by atoms with Crippen LogP contribution in [-0.4, -0.2) is 28.4 Å². The van der Waals surface area contributed by atoms with E-state index >= 15 is 0 Å². The number of rotatable bonds is 4. The molecule has 0 aromatic carbocycles. The fourth-order valence-electron chi connectivity index (χ4n) is 1.11. The van der Waals surface area contributed by atoms with Crippen molar-refractivity contribution < 1.29 is 14.9 Å². The number of aliphatic hydroxyl groups excluding tert-OH is 2. The second-order valence-electron chi connectivity index (χ2n) is 3.01. The minimum atomic E-state index is -1.09. The molecule has 5 heteroatoms. The molecular weight excluding hydrogens is 196 g/mol. The van der Waals surface area contributed by atoms with Crippen LogP contribution in [0.1, 0.15) is 18.1 Å². The smallest absolute Gasteiger partial charge is 0.212 e. The molecule has 0 aliphatic heterocycles. The van der Waals surface area contributed by atoms with E-state index in [0.29, 0.717) is 11.4 Å². The molecule has 0 amide bonds. The Hall–Kier alpha value is -1.64. The molecular formula is C10H12N2O3. The van der Waals surface area contributed by atoms with Crippen LogP contribution in [0.3, 0.4) is 0 Å². The molecule has 1 heterocycles. The largest absolute Gasteiger partial charge is 0.481 e. The summed E-state index contributed by atoms with van der Waals surface area (Å²) < 4.78 is 4.85. The standard InChI is InChI=1S/C10H12N2O3/c1-15-9-3-2-7(6-12-9)10(14)8(13)4-5-11/h2-3,6,8,10,13-14H,4H2,1H3. The topological polar surface area (TPSA) is 86.4 Å². The summed E-state index contributed by atoms with van der Waals surface area (Å²) in [5.74, 6) is 0.431. The molecule has 2 unspecified atom stereocenters. The van der Waals surface area contributed by atoms with E-state index < -0.39 is 12.2 Å². The molecule has 5 nitrogen and oxygen atoms in total. The highest BCUT2D eigenvalue weighted by Crippen LogP contribution is 2.19. The van der Waals surface area contributed by atoms with Gasteiger partial charge in [0.05, 0.1) is 25.7 Å². The van der Waals surface area contributed by atoms with Crippen LogP contribution in [0.5, 0.6) is 5.88 Å². The van der Waals surface area contributed by atoms with Gasteiger partial charge in [-0.25, -0.2) is 4.98 Å². The molecule has 1 aromatic rings. The van der Waals surface area contributed by atoms with E-state index in [9.17, 15) is 10.2 Å². The lowest BCUT2D eigenvalue weighted by Crippen LogP contribution is -2.17. The number of hydrogen-bond acceptors (Lipinski definition) is 5. The van der Waals surface area contributed by atoms with Gasteiger partial charge in [-0.05, 0) is 6.07 Å². The van der Waals surface area contributed by atoms with Gasteiger partial charge in [0, 0.05) is 17.8 Å². The van der Waals surface area contributed by atoms with Gasteiger partial charge in [-0.2, -0.15) is 5.26 Å². The molecule has 15 heavy (non-hydrogen) atoms. The summed E-state index contributed by atoms with van der Waals surface area (Å²) in [5, 5.41) is 27.3. The van der Waals surface area contributed by atoms with E-state index in [0.717, 1.165) is 0 Å². The predicted octanol–water partition coefficient (Wildman–Crippen LogP) is 0.398. The molecule has 0 radical (unpaired) electrons. The summed E-state index contributed by atoms with van der Waals surface area (Å²) in [7, 11) is 1.49. The van der Waals surface area contributed by atoms with Crippen molar-refractivity contribution in [3.8, 4) is 11.9 Å². The van der Waals surface area contributed by atoms with E-state index in [2.05, 4.69) is 4.98 Å². The first-order chi connectivity index (χ1) is 7.19. The molecule has 80 valence electrons. The number of pyridine rings is 1. The summed E-state index contributed by atoms with van der Waals surface area (Å²) in [5.41, 5.74) is 0.457. The Balaban J connectivity index is 2.74. The van der Waals surface area contributed by atoms with E-state index in [1.54, 1.807) is 18.2 Å². The van der Waals surface area contributed by atoms with Gasteiger partial charge >= 0.3 is 0 Å². The Morgan fingerprint density at radius 2 is 2.27 bits per heavy atom. The normalized spacial score (nSPS) is 14.0. The quantitative estimate of drug-likeness (QED) is 0.747. The summed E-state index contributed by atoms with van der Waals surface area (Å²) in [6.45, 7) is 0. The van der Waals surface area contributed by atoms with Crippen LogP contribution in [0.2, 0.25) is 0 Å². The second kappa shape index (κ2) is 5.29.